The number of nitrogens with zero attached hydrogens (tertiary/aromatic N) is 1. The lowest BCUT2D eigenvalue weighted by Gasteiger charge is -1.87. The van der Waals surface area contributed by atoms with Crippen molar-refractivity contribution in [1.82, 2.24) is 3.59 Å². The van der Waals surface area contributed by atoms with E-state index in [1.807, 2.05) is 9.79 Å². The van der Waals surface area contributed by atoms with Gasteiger partial charge in [-0.2, -0.15) is 0 Å². The van der Waals surface area contributed by atoms with Crippen LogP contribution in [-0.4, -0.2) is 3.59 Å². The van der Waals surface area contributed by atoms with Gasteiger partial charge in [-0.25, -0.2) is 0 Å². The highest BCUT2D eigenvalue weighted by Crippen LogP contribution is 2.05. The van der Waals surface area contributed by atoms with E-state index in [9.17, 15) is 0 Å². The Labute approximate surface area is 64.0 Å². The van der Waals surface area contributed by atoms with Crippen LogP contribution in [0.15, 0.2) is 18.5 Å². The Morgan fingerprint density at radius 1 is 1.67 bits per heavy atom. The lowest BCUT2D eigenvalue weighted by atomic mass is 10.2. The van der Waals surface area contributed by atoms with Crippen molar-refractivity contribution >= 4 is 16.1 Å². The van der Waals surface area contributed by atoms with E-state index in [1.54, 1.807) is 0 Å². The van der Waals surface area contributed by atoms with Gasteiger partial charge in [-0.1, -0.05) is 13.3 Å². The number of halogens is 1. The molecule has 0 saturated heterocycles. The highest BCUT2D eigenvalue weighted by molar-refractivity contribution is 9.08. The van der Waals surface area contributed by atoms with Gasteiger partial charge in [-0.15, -0.1) is 0 Å². The average molecular weight is 188 g/mol. The molecule has 1 aromatic heterocycles. The molecule has 0 N–H and O–H groups in total. The van der Waals surface area contributed by atoms with Crippen molar-refractivity contribution in [1.29, 1.82) is 0 Å². The lowest BCUT2D eigenvalue weighted by Crippen LogP contribution is -1.76. The van der Waals surface area contributed by atoms with E-state index in [0.29, 0.717) is 0 Å². The second-order valence-corrected chi connectivity index (χ2v) is 2.93. The van der Waals surface area contributed by atoms with Crippen molar-refractivity contribution in [3.63, 3.8) is 0 Å². The minimum absolute atomic E-state index is 1.18. The molecular weight excluding hydrogens is 178 g/mol. The van der Waals surface area contributed by atoms with Crippen LogP contribution in [0, 0.1) is 0 Å². The summed E-state index contributed by atoms with van der Waals surface area (Å²) in [7, 11) is 0. The molecule has 0 fully saturated rings. The summed E-state index contributed by atoms with van der Waals surface area (Å²) < 4.78 is 1.90. The van der Waals surface area contributed by atoms with Crippen LogP contribution in [0.1, 0.15) is 18.9 Å². The second-order valence-electron chi connectivity index (χ2n) is 2.11. The minimum atomic E-state index is 1.18. The molecule has 0 spiro atoms. The summed E-state index contributed by atoms with van der Waals surface area (Å²) in [6.45, 7) is 2.19. The molecule has 9 heavy (non-hydrogen) atoms. The first-order valence-corrected chi connectivity index (χ1v) is 3.87. The van der Waals surface area contributed by atoms with Crippen LogP contribution < -0.4 is 0 Å². The zero-order valence-electron chi connectivity index (χ0n) is 5.47. The molecular formula is C7H10BrN. The van der Waals surface area contributed by atoms with Crippen molar-refractivity contribution in [2.75, 3.05) is 0 Å². The first-order chi connectivity index (χ1) is 4.33. The van der Waals surface area contributed by atoms with Crippen LogP contribution in [0.4, 0.5) is 0 Å². The lowest BCUT2D eigenvalue weighted by molar-refractivity contribution is 0.923. The van der Waals surface area contributed by atoms with E-state index in [0.717, 1.165) is 0 Å². The molecule has 0 aliphatic rings. The van der Waals surface area contributed by atoms with Gasteiger partial charge in [-0.3, -0.25) is 3.59 Å². The van der Waals surface area contributed by atoms with Gasteiger partial charge in [0.1, 0.15) is 0 Å². The van der Waals surface area contributed by atoms with E-state index in [-0.39, 0.29) is 0 Å². The molecule has 1 aromatic rings. The highest BCUT2D eigenvalue weighted by atomic mass is 79.9. The Morgan fingerprint density at radius 3 is 2.89 bits per heavy atom. The van der Waals surface area contributed by atoms with E-state index >= 15 is 0 Å². The molecule has 0 aliphatic carbocycles. The van der Waals surface area contributed by atoms with Gasteiger partial charge in [0, 0.05) is 12.4 Å². The summed E-state index contributed by atoms with van der Waals surface area (Å²) in [4.78, 5) is 0. The predicted molar refractivity (Wildman–Crippen MR) is 42.8 cm³/mol. The molecule has 0 aromatic carbocycles. The van der Waals surface area contributed by atoms with Crippen molar-refractivity contribution < 1.29 is 0 Å². The molecule has 0 atom stereocenters. The molecule has 50 valence electrons. The monoisotopic (exact) mass is 187 g/mol. The van der Waals surface area contributed by atoms with Crippen LogP contribution in [0.5, 0.6) is 0 Å². The van der Waals surface area contributed by atoms with Gasteiger partial charge >= 0.3 is 0 Å². The number of hydrogen-bond donors (Lipinski definition) is 0. The zero-order valence-corrected chi connectivity index (χ0v) is 7.06. The van der Waals surface area contributed by atoms with E-state index in [4.69, 9.17) is 0 Å². The van der Waals surface area contributed by atoms with E-state index in [2.05, 4.69) is 35.3 Å². The summed E-state index contributed by atoms with van der Waals surface area (Å²) in [5.41, 5.74) is 1.40. The Balaban J connectivity index is 2.61. The minimum Gasteiger partial charge on any atom is -0.291 e. The third kappa shape index (κ3) is 1.86. The van der Waals surface area contributed by atoms with Crippen LogP contribution >= 0.6 is 16.1 Å². The normalized spacial score (nSPS) is 10.0. The first-order valence-electron chi connectivity index (χ1n) is 3.16. The molecule has 0 aliphatic heterocycles. The Hall–Kier alpha value is -0.240. The molecule has 2 heteroatoms. The number of aryl methyl sites for hydroxylation is 1. The maximum Gasteiger partial charge on any atom is 0.0539 e. The standard InChI is InChI=1S/C7H10BrN/c1-2-3-7-4-5-9(8)6-7/h4-6H,2-3H2,1H3. The molecule has 0 amide bonds. The highest BCUT2D eigenvalue weighted by Gasteiger charge is 1.90. The summed E-state index contributed by atoms with van der Waals surface area (Å²) >= 11 is 3.32. The van der Waals surface area contributed by atoms with Gasteiger partial charge in [0.05, 0.1) is 16.1 Å². The summed E-state index contributed by atoms with van der Waals surface area (Å²) in [6, 6.07) is 2.12. The third-order valence-corrected chi connectivity index (χ3v) is 1.70. The van der Waals surface area contributed by atoms with E-state index < -0.39 is 0 Å². The fourth-order valence-electron chi connectivity index (χ4n) is 0.848. The number of hydrogen-bond acceptors (Lipinski definition) is 0. The summed E-state index contributed by atoms with van der Waals surface area (Å²) in [5.74, 6) is 0. The fraction of sp³-hybridized carbons (Fsp3) is 0.429. The predicted octanol–water partition coefficient (Wildman–Crippen LogP) is 2.60. The van der Waals surface area contributed by atoms with Crippen LogP contribution in [0.25, 0.3) is 0 Å². The summed E-state index contributed by atoms with van der Waals surface area (Å²) in [6.07, 6.45) is 6.49. The van der Waals surface area contributed by atoms with Crippen LogP contribution in [0.3, 0.4) is 0 Å². The molecule has 0 bridgehead atoms. The first kappa shape index (κ1) is 6.87. The molecule has 1 nitrogen and oxygen atoms in total. The Kier molecular flexibility index (Phi) is 2.34. The average Bonchev–Trinajstić information content (AvgIpc) is 2.17. The topological polar surface area (TPSA) is 4.93 Å². The van der Waals surface area contributed by atoms with Crippen LogP contribution in [-0.2, 0) is 6.42 Å². The quantitative estimate of drug-likeness (QED) is 0.672. The van der Waals surface area contributed by atoms with Gasteiger partial charge < -0.3 is 0 Å². The molecule has 1 heterocycles. The van der Waals surface area contributed by atoms with Gasteiger partial charge in [0.25, 0.3) is 0 Å². The van der Waals surface area contributed by atoms with Gasteiger partial charge in [-0.05, 0) is 18.1 Å². The second kappa shape index (κ2) is 3.06. The largest absolute Gasteiger partial charge is 0.291 e. The molecule has 0 radical (unpaired) electrons. The van der Waals surface area contributed by atoms with Crippen molar-refractivity contribution in [2.45, 2.75) is 19.8 Å². The molecule has 1 rings (SSSR count). The maximum atomic E-state index is 3.32. The van der Waals surface area contributed by atoms with E-state index in [1.165, 1.54) is 18.4 Å². The number of aromatic nitrogens is 1. The van der Waals surface area contributed by atoms with Gasteiger partial charge in [0.2, 0.25) is 0 Å². The van der Waals surface area contributed by atoms with Crippen molar-refractivity contribution in [3.8, 4) is 0 Å². The van der Waals surface area contributed by atoms with Crippen molar-refractivity contribution in [2.24, 2.45) is 0 Å². The third-order valence-electron chi connectivity index (χ3n) is 1.26. The SMILES string of the molecule is CCCc1ccn(Br)c1. The number of rotatable bonds is 2. The maximum absolute atomic E-state index is 3.32. The Morgan fingerprint density at radius 2 is 2.44 bits per heavy atom. The molecule has 0 saturated carbocycles. The molecule has 0 unspecified atom stereocenters. The van der Waals surface area contributed by atoms with Crippen LogP contribution in [0.2, 0.25) is 0 Å². The Bertz CT molecular complexity index is 181. The van der Waals surface area contributed by atoms with Crippen molar-refractivity contribution in [3.05, 3.63) is 24.0 Å². The summed E-state index contributed by atoms with van der Waals surface area (Å²) in [5, 5.41) is 0. The fourth-order valence-corrected chi connectivity index (χ4v) is 1.23. The van der Waals surface area contributed by atoms with Gasteiger partial charge in [0.15, 0.2) is 0 Å². The zero-order chi connectivity index (χ0) is 6.69. The smallest absolute Gasteiger partial charge is 0.0539 e.